The molecule has 0 radical (unpaired) electrons. The van der Waals surface area contributed by atoms with Gasteiger partial charge in [0.1, 0.15) is 6.04 Å². The number of carbonyl (C=O) groups is 2. The number of hydrogen-bond donors (Lipinski definition) is 1. The summed E-state index contributed by atoms with van der Waals surface area (Å²) in [5, 5.41) is 13.6. The summed E-state index contributed by atoms with van der Waals surface area (Å²) in [6.45, 7) is 4.30. The van der Waals surface area contributed by atoms with Crippen LogP contribution >= 0.6 is 0 Å². The number of likely N-dealkylation sites (tertiary alicyclic amines) is 1. The van der Waals surface area contributed by atoms with Crippen LogP contribution in [0.5, 0.6) is 0 Å². The van der Waals surface area contributed by atoms with Crippen LogP contribution in [0, 0.1) is 13.8 Å². The quantitative estimate of drug-likeness (QED) is 0.942. The molecule has 2 aromatic rings. The van der Waals surface area contributed by atoms with Gasteiger partial charge in [0.05, 0.1) is 23.1 Å². The molecule has 1 aromatic carbocycles. The topological polar surface area (TPSA) is 75.4 Å². The lowest BCUT2D eigenvalue weighted by Gasteiger charge is -2.21. The largest absolute Gasteiger partial charge is 0.480 e. The van der Waals surface area contributed by atoms with Gasteiger partial charge in [0.2, 0.25) is 0 Å². The van der Waals surface area contributed by atoms with Crippen molar-refractivity contribution in [2.45, 2.75) is 32.7 Å². The van der Waals surface area contributed by atoms with Crippen molar-refractivity contribution < 1.29 is 14.7 Å². The van der Waals surface area contributed by atoms with Crippen molar-refractivity contribution in [1.82, 2.24) is 14.7 Å². The van der Waals surface area contributed by atoms with Crippen LogP contribution in [0.4, 0.5) is 0 Å². The Morgan fingerprint density at radius 3 is 2.78 bits per heavy atom. The number of carboxylic acids is 1. The Morgan fingerprint density at radius 2 is 2.09 bits per heavy atom. The van der Waals surface area contributed by atoms with Crippen molar-refractivity contribution in [2.24, 2.45) is 0 Å². The Bertz CT molecular complexity index is 766. The molecule has 3 rings (SSSR count). The van der Waals surface area contributed by atoms with E-state index in [9.17, 15) is 14.7 Å². The molecule has 1 fully saturated rings. The van der Waals surface area contributed by atoms with Gasteiger partial charge in [-0.15, -0.1) is 0 Å². The molecule has 2 heterocycles. The van der Waals surface area contributed by atoms with Crippen LogP contribution in [0.15, 0.2) is 30.5 Å². The van der Waals surface area contributed by atoms with E-state index in [0.29, 0.717) is 24.9 Å². The smallest absolute Gasteiger partial charge is 0.326 e. The molecular weight excluding hydrogens is 294 g/mol. The first kappa shape index (κ1) is 15.3. The predicted octanol–water partition coefficient (Wildman–Crippen LogP) is 2.18. The Kier molecular flexibility index (Phi) is 3.90. The maximum atomic E-state index is 12.7. The summed E-state index contributed by atoms with van der Waals surface area (Å²) < 4.78 is 1.71. The van der Waals surface area contributed by atoms with E-state index in [0.717, 1.165) is 16.9 Å². The van der Waals surface area contributed by atoms with Crippen LogP contribution in [0.25, 0.3) is 5.69 Å². The van der Waals surface area contributed by atoms with Crippen molar-refractivity contribution >= 4 is 11.9 Å². The van der Waals surface area contributed by atoms with E-state index >= 15 is 0 Å². The lowest BCUT2D eigenvalue weighted by atomic mass is 10.2. The number of aliphatic carboxylic acids is 1. The van der Waals surface area contributed by atoms with E-state index in [-0.39, 0.29) is 5.91 Å². The van der Waals surface area contributed by atoms with Crippen molar-refractivity contribution in [3.63, 3.8) is 0 Å². The monoisotopic (exact) mass is 313 g/mol. The minimum Gasteiger partial charge on any atom is -0.480 e. The van der Waals surface area contributed by atoms with Crippen molar-refractivity contribution in [3.05, 3.63) is 47.3 Å². The third-order valence-corrected chi connectivity index (χ3v) is 4.29. The van der Waals surface area contributed by atoms with Gasteiger partial charge >= 0.3 is 5.97 Å². The molecule has 0 spiro atoms. The summed E-state index contributed by atoms with van der Waals surface area (Å²) in [5.41, 5.74) is 3.17. The zero-order chi connectivity index (χ0) is 16.6. The fraction of sp³-hybridized carbons (Fsp3) is 0.353. The van der Waals surface area contributed by atoms with Gasteiger partial charge in [-0.3, -0.25) is 4.79 Å². The fourth-order valence-electron chi connectivity index (χ4n) is 3.06. The number of aromatic nitrogens is 2. The summed E-state index contributed by atoms with van der Waals surface area (Å²) in [6, 6.07) is 7.12. The van der Waals surface area contributed by atoms with Gasteiger partial charge in [0.25, 0.3) is 5.91 Å². The highest BCUT2D eigenvalue weighted by Crippen LogP contribution is 2.23. The van der Waals surface area contributed by atoms with E-state index < -0.39 is 12.0 Å². The van der Waals surface area contributed by atoms with Gasteiger partial charge in [0, 0.05) is 6.54 Å². The summed E-state index contributed by atoms with van der Waals surface area (Å²) in [5.74, 6) is -1.20. The molecule has 1 aliphatic heterocycles. The average molecular weight is 313 g/mol. The molecule has 0 aliphatic carbocycles. The zero-order valence-electron chi connectivity index (χ0n) is 13.2. The number of nitrogens with zero attached hydrogens (tertiary/aromatic N) is 3. The van der Waals surface area contributed by atoms with Crippen molar-refractivity contribution in [2.75, 3.05) is 6.54 Å². The molecule has 23 heavy (non-hydrogen) atoms. The highest BCUT2D eigenvalue weighted by atomic mass is 16.4. The number of amides is 1. The second-order valence-electron chi connectivity index (χ2n) is 5.89. The zero-order valence-corrected chi connectivity index (χ0v) is 13.2. The van der Waals surface area contributed by atoms with Crippen LogP contribution in [-0.4, -0.2) is 44.3 Å². The number of rotatable bonds is 3. The average Bonchev–Trinajstić information content (AvgIpc) is 3.13. The number of carbonyl (C=O) groups excluding carboxylic acids is 1. The molecule has 1 atom stereocenters. The van der Waals surface area contributed by atoms with E-state index in [1.165, 1.54) is 11.1 Å². The maximum absolute atomic E-state index is 12.7. The first-order valence-electron chi connectivity index (χ1n) is 7.64. The number of hydrogen-bond acceptors (Lipinski definition) is 3. The van der Waals surface area contributed by atoms with Crippen LogP contribution in [-0.2, 0) is 4.79 Å². The van der Waals surface area contributed by atoms with Crippen LogP contribution < -0.4 is 0 Å². The molecule has 1 aromatic heterocycles. The SMILES string of the molecule is Cc1cccc(-n2ncc(C(=O)N3CCCC3C(=O)O)c2C)c1. The van der Waals surface area contributed by atoms with Gasteiger partial charge < -0.3 is 10.0 Å². The summed E-state index contributed by atoms with van der Waals surface area (Å²) in [7, 11) is 0. The molecule has 1 amide bonds. The first-order valence-corrected chi connectivity index (χ1v) is 7.64. The second-order valence-corrected chi connectivity index (χ2v) is 5.89. The van der Waals surface area contributed by atoms with E-state index in [2.05, 4.69) is 5.10 Å². The molecule has 1 N–H and O–H groups in total. The lowest BCUT2D eigenvalue weighted by molar-refractivity contribution is -0.141. The molecule has 120 valence electrons. The first-order chi connectivity index (χ1) is 11.0. The molecule has 6 nitrogen and oxygen atoms in total. The summed E-state index contributed by atoms with van der Waals surface area (Å²) in [4.78, 5) is 25.4. The van der Waals surface area contributed by atoms with E-state index in [4.69, 9.17) is 0 Å². The maximum Gasteiger partial charge on any atom is 0.326 e. The molecular formula is C17H19N3O3. The van der Waals surface area contributed by atoms with Gasteiger partial charge in [-0.2, -0.15) is 5.10 Å². The number of aryl methyl sites for hydroxylation is 1. The molecule has 1 aliphatic rings. The number of benzene rings is 1. The highest BCUT2D eigenvalue weighted by Gasteiger charge is 2.35. The van der Waals surface area contributed by atoms with Gasteiger partial charge in [-0.1, -0.05) is 12.1 Å². The fourth-order valence-corrected chi connectivity index (χ4v) is 3.06. The van der Waals surface area contributed by atoms with E-state index in [1.807, 2.05) is 38.1 Å². The molecule has 6 heteroatoms. The standard InChI is InChI=1S/C17H19N3O3/c1-11-5-3-6-13(9-11)20-12(2)14(10-18-20)16(21)19-8-4-7-15(19)17(22)23/h3,5-6,9-10,15H,4,7-8H2,1-2H3,(H,22,23). The normalized spacial score (nSPS) is 17.5. The van der Waals surface area contributed by atoms with Gasteiger partial charge in [-0.25, -0.2) is 9.48 Å². The Balaban J connectivity index is 1.93. The third-order valence-electron chi connectivity index (χ3n) is 4.29. The van der Waals surface area contributed by atoms with Crippen molar-refractivity contribution in [3.8, 4) is 5.69 Å². The van der Waals surface area contributed by atoms with Crippen LogP contribution in [0.3, 0.4) is 0 Å². The molecule has 1 unspecified atom stereocenters. The second kappa shape index (κ2) is 5.87. The predicted molar refractivity (Wildman–Crippen MR) is 84.7 cm³/mol. The van der Waals surface area contributed by atoms with E-state index in [1.54, 1.807) is 4.68 Å². The molecule has 0 bridgehead atoms. The van der Waals surface area contributed by atoms with Crippen LogP contribution in [0.2, 0.25) is 0 Å². The Hall–Kier alpha value is -2.63. The minimum atomic E-state index is -0.945. The minimum absolute atomic E-state index is 0.258. The van der Waals surface area contributed by atoms with Crippen molar-refractivity contribution in [1.29, 1.82) is 0 Å². The number of carboxylic acid groups (broad SMARTS) is 1. The lowest BCUT2D eigenvalue weighted by Crippen LogP contribution is -2.40. The molecule has 0 saturated carbocycles. The Morgan fingerprint density at radius 1 is 1.30 bits per heavy atom. The third kappa shape index (κ3) is 2.72. The van der Waals surface area contributed by atoms with Gasteiger partial charge in [-0.05, 0) is 44.4 Å². The summed E-state index contributed by atoms with van der Waals surface area (Å²) in [6.07, 6.45) is 2.75. The summed E-state index contributed by atoms with van der Waals surface area (Å²) >= 11 is 0. The highest BCUT2D eigenvalue weighted by molar-refractivity contribution is 5.97. The molecule has 1 saturated heterocycles. The Labute approximate surface area is 134 Å². The van der Waals surface area contributed by atoms with Crippen LogP contribution in [0.1, 0.15) is 34.5 Å². The van der Waals surface area contributed by atoms with Gasteiger partial charge in [0.15, 0.2) is 0 Å².